The van der Waals surface area contributed by atoms with E-state index >= 15 is 0 Å². The summed E-state index contributed by atoms with van der Waals surface area (Å²) in [6.07, 6.45) is 1.72. The first-order valence-corrected chi connectivity index (χ1v) is 8.74. The molecule has 1 unspecified atom stereocenters. The van der Waals surface area contributed by atoms with E-state index in [-0.39, 0.29) is 23.2 Å². The molecule has 0 spiro atoms. The molecule has 2 N–H and O–H groups in total. The molecule has 2 heterocycles. The van der Waals surface area contributed by atoms with Crippen molar-refractivity contribution in [3.8, 4) is 11.3 Å². The highest BCUT2D eigenvalue weighted by Gasteiger charge is 2.35. The van der Waals surface area contributed by atoms with Gasteiger partial charge in [-0.15, -0.1) is 0 Å². The van der Waals surface area contributed by atoms with E-state index < -0.39 is 0 Å². The molecular weight excluding hydrogens is 319 g/mol. The molecule has 3 rings (SSSR count). The zero-order valence-electron chi connectivity index (χ0n) is 14.8. The van der Waals surface area contributed by atoms with Gasteiger partial charge in [0.1, 0.15) is 17.3 Å². The van der Waals surface area contributed by atoms with E-state index in [1.54, 1.807) is 24.3 Å². The molecule has 0 saturated carbocycles. The lowest BCUT2D eigenvalue weighted by atomic mass is 9.79. The second-order valence-electron chi connectivity index (χ2n) is 7.44. The molecule has 1 saturated heterocycles. The van der Waals surface area contributed by atoms with Crippen LogP contribution in [0.25, 0.3) is 11.3 Å². The maximum absolute atomic E-state index is 13.8. The smallest absolute Gasteiger partial charge is 0.223 e. The number of hydrogen-bond acceptors (Lipinski definition) is 3. The lowest BCUT2D eigenvalue weighted by Gasteiger charge is -2.42. The molecular formula is C20H25FN2O2. The molecule has 1 aliphatic heterocycles. The Balaban J connectivity index is 1.59. The molecule has 4 nitrogen and oxygen atoms in total. The Hall–Kier alpha value is -2.14. The Kier molecular flexibility index (Phi) is 4.95. The topological polar surface area (TPSA) is 59.5 Å². The van der Waals surface area contributed by atoms with Crippen molar-refractivity contribution in [2.45, 2.75) is 39.2 Å². The molecule has 0 aliphatic carbocycles. The van der Waals surface area contributed by atoms with Gasteiger partial charge in [0, 0.05) is 32.0 Å². The standard InChI is InChI=1S/C20H25FN2O2/c1-20(2)13-23(12-11-18(20)22)19(24)10-8-14-7-9-17(25-14)15-5-3-4-6-16(15)21/h3-7,9,18H,8,10-13,22H2,1-2H3. The van der Waals surface area contributed by atoms with Crippen molar-refractivity contribution in [1.29, 1.82) is 0 Å². The number of nitrogens with zero attached hydrogens (tertiary/aromatic N) is 1. The SMILES string of the molecule is CC1(C)CN(C(=O)CCc2ccc(-c3ccccc3F)o2)CCC1N. The number of rotatable bonds is 4. The number of carbonyl (C=O) groups excluding carboxylic acids is 1. The van der Waals surface area contributed by atoms with Crippen LogP contribution in [-0.4, -0.2) is 29.9 Å². The van der Waals surface area contributed by atoms with Crippen molar-refractivity contribution in [3.63, 3.8) is 0 Å². The third kappa shape index (κ3) is 3.93. The van der Waals surface area contributed by atoms with Crippen LogP contribution in [0.5, 0.6) is 0 Å². The maximum Gasteiger partial charge on any atom is 0.223 e. The number of amides is 1. The predicted molar refractivity (Wildman–Crippen MR) is 95.4 cm³/mol. The van der Waals surface area contributed by atoms with Crippen LogP contribution < -0.4 is 5.73 Å². The number of aryl methyl sites for hydroxylation is 1. The number of halogens is 1. The molecule has 5 heteroatoms. The van der Waals surface area contributed by atoms with Gasteiger partial charge in [0.05, 0.1) is 5.56 Å². The summed E-state index contributed by atoms with van der Waals surface area (Å²) in [4.78, 5) is 14.4. The van der Waals surface area contributed by atoms with Crippen molar-refractivity contribution in [1.82, 2.24) is 4.90 Å². The van der Waals surface area contributed by atoms with E-state index in [0.29, 0.717) is 43.0 Å². The Bertz CT molecular complexity index is 754. The Labute approximate surface area is 147 Å². The summed E-state index contributed by atoms with van der Waals surface area (Å²) in [7, 11) is 0. The van der Waals surface area contributed by atoms with E-state index in [4.69, 9.17) is 10.2 Å². The highest BCUT2D eigenvalue weighted by Crippen LogP contribution is 2.29. The number of carbonyl (C=O) groups is 1. The summed E-state index contributed by atoms with van der Waals surface area (Å²) < 4.78 is 19.5. The number of benzene rings is 1. The molecule has 0 radical (unpaired) electrons. The second kappa shape index (κ2) is 7.00. The zero-order valence-corrected chi connectivity index (χ0v) is 14.8. The number of hydrogen-bond donors (Lipinski definition) is 1. The van der Waals surface area contributed by atoms with Crippen LogP contribution in [0.1, 0.15) is 32.4 Å². The van der Waals surface area contributed by atoms with Gasteiger partial charge in [0.2, 0.25) is 5.91 Å². The first kappa shape index (κ1) is 17.7. The van der Waals surface area contributed by atoms with E-state index in [1.165, 1.54) is 6.07 Å². The largest absolute Gasteiger partial charge is 0.461 e. The van der Waals surface area contributed by atoms with E-state index in [9.17, 15) is 9.18 Å². The minimum Gasteiger partial charge on any atom is -0.461 e. The van der Waals surface area contributed by atoms with E-state index in [2.05, 4.69) is 13.8 Å². The van der Waals surface area contributed by atoms with Gasteiger partial charge in [-0.1, -0.05) is 26.0 Å². The van der Waals surface area contributed by atoms with E-state index in [1.807, 2.05) is 11.0 Å². The molecule has 134 valence electrons. The molecule has 1 aromatic carbocycles. The van der Waals surface area contributed by atoms with Crippen molar-refractivity contribution in [2.75, 3.05) is 13.1 Å². The summed E-state index contributed by atoms with van der Waals surface area (Å²) >= 11 is 0. The maximum atomic E-state index is 13.8. The number of likely N-dealkylation sites (tertiary alicyclic amines) is 1. The van der Waals surface area contributed by atoms with Crippen LogP contribution in [0.2, 0.25) is 0 Å². The molecule has 25 heavy (non-hydrogen) atoms. The summed E-state index contributed by atoms with van der Waals surface area (Å²) in [5, 5.41) is 0. The molecule has 1 aromatic heterocycles. The summed E-state index contributed by atoms with van der Waals surface area (Å²) in [5.74, 6) is 0.986. The van der Waals surface area contributed by atoms with Gasteiger partial charge >= 0.3 is 0 Å². The van der Waals surface area contributed by atoms with Gasteiger partial charge in [-0.2, -0.15) is 0 Å². The number of piperidine rings is 1. The van der Waals surface area contributed by atoms with Gasteiger partial charge in [-0.25, -0.2) is 4.39 Å². The van der Waals surface area contributed by atoms with Gasteiger partial charge < -0.3 is 15.1 Å². The Morgan fingerprint density at radius 2 is 2.08 bits per heavy atom. The third-order valence-corrected chi connectivity index (χ3v) is 5.05. The van der Waals surface area contributed by atoms with Crippen molar-refractivity contribution < 1.29 is 13.6 Å². The molecule has 1 amide bonds. The fraction of sp³-hybridized carbons (Fsp3) is 0.450. The van der Waals surface area contributed by atoms with Crippen LogP contribution in [0.15, 0.2) is 40.8 Å². The number of furan rings is 1. The lowest BCUT2D eigenvalue weighted by Crippen LogP contribution is -2.54. The van der Waals surface area contributed by atoms with Crippen molar-refractivity contribution in [3.05, 3.63) is 48.0 Å². The lowest BCUT2D eigenvalue weighted by molar-refractivity contribution is -0.134. The molecule has 2 aromatic rings. The van der Waals surface area contributed by atoms with Crippen LogP contribution in [-0.2, 0) is 11.2 Å². The quantitative estimate of drug-likeness (QED) is 0.922. The average Bonchev–Trinajstić information content (AvgIpc) is 3.04. The molecule has 0 bridgehead atoms. The van der Waals surface area contributed by atoms with Crippen LogP contribution in [0.3, 0.4) is 0 Å². The van der Waals surface area contributed by atoms with Crippen LogP contribution >= 0.6 is 0 Å². The van der Waals surface area contributed by atoms with Gasteiger partial charge in [-0.3, -0.25) is 4.79 Å². The highest BCUT2D eigenvalue weighted by molar-refractivity contribution is 5.76. The molecule has 1 aliphatic rings. The third-order valence-electron chi connectivity index (χ3n) is 5.05. The fourth-order valence-corrected chi connectivity index (χ4v) is 3.29. The van der Waals surface area contributed by atoms with E-state index in [0.717, 1.165) is 6.42 Å². The number of nitrogens with two attached hydrogens (primary N) is 1. The monoisotopic (exact) mass is 344 g/mol. The molecule has 1 atom stereocenters. The summed E-state index contributed by atoms with van der Waals surface area (Å²) in [6.45, 7) is 5.60. The Morgan fingerprint density at radius 3 is 2.80 bits per heavy atom. The average molecular weight is 344 g/mol. The first-order chi connectivity index (χ1) is 11.9. The van der Waals surface area contributed by atoms with Crippen LogP contribution in [0, 0.1) is 11.2 Å². The normalized spacial score (nSPS) is 19.8. The first-order valence-electron chi connectivity index (χ1n) is 8.74. The Morgan fingerprint density at radius 1 is 1.32 bits per heavy atom. The minimum atomic E-state index is -0.314. The van der Waals surface area contributed by atoms with Crippen molar-refractivity contribution in [2.24, 2.45) is 11.1 Å². The van der Waals surface area contributed by atoms with Gasteiger partial charge in [0.15, 0.2) is 0 Å². The van der Waals surface area contributed by atoms with Gasteiger partial charge in [-0.05, 0) is 36.1 Å². The highest BCUT2D eigenvalue weighted by atomic mass is 19.1. The fourth-order valence-electron chi connectivity index (χ4n) is 3.29. The summed E-state index contributed by atoms with van der Waals surface area (Å²) in [5.41, 5.74) is 6.50. The second-order valence-corrected chi connectivity index (χ2v) is 7.44. The minimum absolute atomic E-state index is 0.0589. The predicted octanol–water partition coefficient (Wildman–Crippen LogP) is 3.60. The van der Waals surface area contributed by atoms with Gasteiger partial charge in [0.25, 0.3) is 0 Å². The van der Waals surface area contributed by atoms with Crippen molar-refractivity contribution >= 4 is 5.91 Å². The summed E-state index contributed by atoms with van der Waals surface area (Å²) in [6, 6.07) is 10.2. The molecule has 1 fully saturated rings. The zero-order chi connectivity index (χ0) is 18.0. The van der Waals surface area contributed by atoms with Crippen LogP contribution in [0.4, 0.5) is 4.39 Å².